The highest BCUT2D eigenvalue weighted by molar-refractivity contribution is 14.1. The van der Waals surface area contributed by atoms with E-state index in [4.69, 9.17) is 0 Å². The molecule has 35 heavy (non-hydrogen) atoms. The second kappa shape index (κ2) is 11.2. The van der Waals surface area contributed by atoms with Gasteiger partial charge in [0, 0.05) is 37.5 Å². The zero-order chi connectivity index (χ0) is 24.9. The van der Waals surface area contributed by atoms with Crippen LogP contribution in [0.15, 0.2) is 60.7 Å². The second-order valence-electron chi connectivity index (χ2n) is 8.76. The van der Waals surface area contributed by atoms with Crippen molar-refractivity contribution in [2.45, 2.75) is 52.5 Å². The van der Waals surface area contributed by atoms with E-state index in [1.54, 1.807) is 0 Å². The predicted octanol–water partition coefficient (Wildman–Crippen LogP) is 7.42. The molecule has 4 aromatic rings. The van der Waals surface area contributed by atoms with E-state index in [2.05, 4.69) is 46.6 Å². The number of allylic oxidation sites excluding steroid dienone is 2. The summed E-state index contributed by atoms with van der Waals surface area (Å²) < 4.78 is 3.01. The molecule has 0 radical (unpaired) electrons. The fraction of sp³-hybridized carbons (Fsp3) is 0.276. The van der Waals surface area contributed by atoms with Gasteiger partial charge in [-0.05, 0) is 91.1 Å². The molecule has 0 amide bonds. The molecule has 0 bridgehead atoms. The number of hydrogen-bond donors (Lipinski definition) is 1. The number of para-hydroxylation sites is 1. The Kier molecular flexibility index (Phi) is 8.00. The molecule has 4 rings (SSSR count). The molecule has 0 aliphatic rings. The summed E-state index contributed by atoms with van der Waals surface area (Å²) in [5.74, 6) is -0.780. The van der Waals surface area contributed by atoms with E-state index < -0.39 is 5.97 Å². The van der Waals surface area contributed by atoms with Gasteiger partial charge in [-0.25, -0.2) is 4.98 Å². The molecule has 1 N–H and O–H groups in total. The zero-order valence-electron chi connectivity index (χ0n) is 20.1. The minimum absolute atomic E-state index is 0.0599. The number of pyridine rings is 1. The van der Waals surface area contributed by atoms with Crippen molar-refractivity contribution in [3.63, 3.8) is 0 Å². The molecule has 0 atom stereocenters. The Labute approximate surface area is 219 Å². The van der Waals surface area contributed by atoms with Gasteiger partial charge >= 0.3 is 5.97 Å². The van der Waals surface area contributed by atoms with Crippen molar-refractivity contribution in [1.82, 2.24) is 9.55 Å². The number of hydrogen-bond acceptors (Lipinski definition) is 3. The van der Waals surface area contributed by atoms with Gasteiger partial charge in [-0.1, -0.05) is 37.3 Å². The van der Waals surface area contributed by atoms with E-state index in [1.807, 2.05) is 60.0 Å². The summed E-state index contributed by atoms with van der Waals surface area (Å²) in [6.07, 6.45) is 6.08. The summed E-state index contributed by atoms with van der Waals surface area (Å²) in [5, 5.41) is 11.6. The molecule has 0 unspecified atom stereocenters. The molecule has 2 aromatic carbocycles. The Morgan fingerprint density at radius 3 is 2.60 bits per heavy atom. The van der Waals surface area contributed by atoms with Crippen LogP contribution in [0, 0.1) is 10.5 Å². The average Bonchev–Trinajstić information content (AvgIpc) is 3.10. The van der Waals surface area contributed by atoms with E-state index in [1.165, 1.54) is 5.57 Å². The molecule has 0 saturated carbocycles. The van der Waals surface area contributed by atoms with Crippen molar-refractivity contribution in [3.8, 4) is 0 Å². The number of carboxylic acid groups (broad SMARTS) is 1. The lowest BCUT2D eigenvalue weighted by atomic mass is 9.95. The molecule has 0 fully saturated rings. The van der Waals surface area contributed by atoms with Crippen LogP contribution in [0.25, 0.3) is 27.4 Å². The van der Waals surface area contributed by atoms with E-state index in [-0.39, 0.29) is 12.3 Å². The van der Waals surface area contributed by atoms with Crippen molar-refractivity contribution < 1.29 is 14.7 Å². The van der Waals surface area contributed by atoms with Gasteiger partial charge in [-0.15, -0.1) is 0 Å². The fourth-order valence-electron chi connectivity index (χ4n) is 4.72. The van der Waals surface area contributed by atoms with E-state index in [0.29, 0.717) is 12.1 Å². The Morgan fingerprint density at radius 1 is 1.06 bits per heavy atom. The number of aliphatic carboxylic acids is 1. The topological polar surface area (TPSA) is 72.2 Å². The highest BCUT2D eigenvalue weighted by atomic mass is 127. The normalized spacial score (nSPS) is 11.9. The number of halogens is 1. The molecule has 0 aliphatic carbocycles. The summed E-state index contributed by atoms with van der Waals surface area (Å²) in [5.41, 5.74) is 5.63. The number of carboxylic acids is 1. The fourth-order valence-corrected chi connectivity index (χ4v) is 5.22. The lowest BCUT2D eigenvalue weighted by Gasteiger charge is -2.10. The zero-order valence-corrected chi connectivity index (χ0v) is 22.2. The van der Waals surface area contributed by atoms with Crippen LogP contribution in [0.1, 0.15) is 60.8 Å². The molecule has 0 spiro atoms. The monoisotopic (exact) mass is 580 g/mol. The first-order valence-corrected chi connectivity index (χ1v) is 13.1. The largest absolute Gasteiger partial charge is 0.480 e. The molecule has 0 saturated heterocycles. The van der Waals surface area contributed by atoms with E-state index in [0.717, 1.165) is 62.3 Å². The minimum Gasteiger partial charge on any atom is -0.480 e. The maximum atomic E-state index is 12.8. The maximum Gasteiger partial charge on any atom is 0.323 e. The number of benzene rings is 2. The van der Waals surface area contributed by atoms with Gasteiger partial charge in [-0.2, -0.15) is 0 Å². The first kappa shape index (κ1) is 25.1. The first-order chi connectivity index (χ1) is 16.9. The Balaban J connectivity index is 1.50. The van der Waals surface area contributed by atoms with Gasteiger partial charge in [0.15, 0.2) is 5.78 Å². The molecular weight excluding hydrogens is 551 g/mol. The van der Waals surface area contributed by atoms with Crippen LogP contribution in [0.2, 0.25) is 0 Å². The molecule has 180 valence electrons. The highest BCUT2D eigenvalue weighted by Crippen LogP contribution is 2.35. The van der Waals surface area contributed by atoms with Gasteiger partial charge in [0.2, 0.25) is 0 Å². The molecule has 2 aromatic heterocycles. The lowest BCUT2D eigenvalue weighted by molar-refractivity contribution is -0.137. The van der Waals surface area contributed by atoms with Crippen molar-refractivity contribution in [2.75, 3.05) is 0 Å². The smallest absolute Gasteiger partial charge is 0.323 e. The third kappa shape index (κ3) is 5.64. The van der Waals surface area contributed by atoms with Crippen LogP contribution in [0.5, 0.6) is 0 Å². The lowest BCUT2D eigenvalue weighted by Crippen LogP contribution is -2.10. The van der Waals surface area contributed by atoms with Crippen LogP contribution in [-0.4, -0.2) is 26.4 Å². The van der Waals surface area contributed by atoms with Gasteiger partial charge in [0.25, 0.3) is 0 Å². The molecule has 2 heterocycles. The third-order valence-electron chi connectivity index (χ3n) is 6.33. The van der Waals surface area contributed by atoms with Crippen LogP contribution in [0.3, 0.4) is 0 Å². The van der Waals surface area contributed by atoms with Crippen molar-refractivity contribution in [2.24, 2.45) is 0 Å². The van der Waals surface area contributed by atoms with E-state index >= 15 is 0 Å². The summed E-state index contributed by atoms with van der Waals surface area (Å²) in [6, 6.07) is 17.7. The maximum absolute atomic E-state index is 12.8. The average molecular weight is 580 g/mol. The molecular formula is C29H29IN2O3. The third-order valence-corrected chi connectivity index (χ3v) is 7.01. The van der Waals surface area contributed by atoms with Gasteiger partial charge in [0.1, 0.15) is 12.2 Å². The number of aromatic nitrogens is 2. The number of nitrogens with zero attached hydrogens (tertiary/aromatic N) is 2. The first-order valence-electron chi connectivity index (χ1n) is 12.0. The standard InChI is InChI=1S/C29H29IN2O3/c1-3-8-21(29-19(2)32(18-28(34)35)26-16-14-22(30)17-23(26)29)10-5-7-12-27(33)25-15-13-20-9-4-6-11-24(20)31-25/h4,6,8-9,11,13-17H,3,5,7,10,12,18H2,1-2H3,(H,34,35)/b21-8+. The molecule has 0 aliphatic heterocycles. The minimum atomic E-state index is -0.850. The summed E-state index contributed by atoms with van der Waals surface area (Å²) >= 11 is 2.30. The summed E-state index contributed by atoms with van der Waals surface area (Å²) in [4.78, 5) is 28.8. The van der Waals surface area contributed by atoms with Crippen molar-refractivity contribution in [1.29, 1.82) is 0 Å². The van der Waals surface area contributed by atoms with Gasteiger partial charge in [0.05, 0.1) is 5.52 Å². The SMILES string of the molecule is CC/C=C(\CCCCC(=O)c1ccc2ccccc2n1)c1c(C)n(CC(=O)O)c2ccc(I)cc12. The highest BCUT2D eigenvalue weighted by Gasteiger charge is 2.19. The Bertz CT molecular complexity index is 1430. The van der Waals surface area contributed by atoms with Gasteiger partial charge < -0.3 is 9.67 Å². The number of rotatable bonds is 10. The predicted molar refractivity (Wildman–Crippen MR) is 150 cm³/mol. The van der Waals surface area contributed by atoms with Crippen LogP contribution in [0.4, 0.5) is 0 Å². The number of fused-ring (bicyclic) bond motifs is 2. The number of carbonyl (C=O) groups is 2. The van der Waals surface area contributed by atoms with Crippen LogP contribution < -0.4 is 0 Å². The molecule has 5 nitrogen and oxygen atoms in total. The number of carbonyl (C=O) groups excluding carboxylic acids is 1. The second-order valence-corrected chi connectivity index (χ2v) is 10.0. The van der Waals surface area contributed by atoms with Crippen molar-refractivity contribution >= 4 is 61.7 Å². The van der Waals surface area contributed by atoms with Crippen LogP contribution >= 0.6 is 22.6 Å². The van der Waals surface area contributed by atoms with Crippen molar-refractivity contribution in [3.05, 3.63) is 81.2 Å². The summed E-state index contributed by atoms with van der Waals surface area (Å²) in [6.45, 7) is 4.06. The quantitative estimate of drug-likeness (QED) is 0.120. The number of Topliss-reactive ketones (excluding diaryl/α,β-unsaturated/α-hetero) is 1. The van der Waals surface area contributed by atoms with Crippen LogP contribution in [-0.2, 0) is 11.3 Å². The summed E-state index contributed by atoms with van der Waals surface area (Å²) in [7, 11) is 0. The Morgan fingerprint density at radius 2 is 1.83 bits per heavy atom. The Hall–Kier alpha value is -3.00. The molecule has 6 heteroatoms. The van der Waals surface area contributed by atoms with Gasteiger partial charge in [-0.3, -0.25) is 9.59 Å². The number of unbranched alkanes of at least 4 members (excludes halogenated alkanes) is 1. The number of ketones is 1. The van der Waals surface area contributed by atoms with E-state index in [9.17, 15) is 14.7 Å².